The summed E-state index contributed by atoms with van der Waals surface area (Å²) >= 11 is 0. The monoisotopic (exact) mass is 1540 g/mol. The molecule has 0 bridgehead atoms. The molecule has 0 spiro atoms. The van der Waals surface area contributed by atoms with Gasteiger partial charge in [-0.05, 0) is 125 Å². The summed E-state index contributed by atoms with van der Waals surface area (Å²) in [4.78, 5) is 5.02. The molecular formula is C63H58BF24IrNOP-. The Bertz CT molecular complexity index is 2750. The van der Waals surface area contributed by atoms with Crippen LogP contribution in [0.25, 0.3) is 0 Å². The minimum absolute atomic E-state index is 0. The minimum Gasteiger partial charge on any atom is -0.478 e. The van der Waals surface area contributed by atoms with Crippen LogP contribution in [0.15, 0.2) is 108 Å². The Balaban J connectivity index is 0.000000312. The first-order valence-corrected chi connectivity index (χ1v) is 30.5. The van der Waals surface area contributed by atoms with E-state index in [9.17, 15) is 105 Å². The molecule has 1 aliphatic heterocycles. The fraction of sp³-hybridized carbons (Fsp3) is 0.444. The third-order valence-electron chi connectivity index (χ3n) is 16.3. The number of halogens is 24. The molecule has 0 aromatic heterocycles. The second-order valence-corrected chi connectivity index (χ2v) is 25.6. The normalized spacial score (nSPS) is 18.1. The van der Waals surface area contributed by atoms with E-state index in [0.717, 1.165) is 30.2 Å². The Morgan fingerprint density at radius 3 is 0.880 bits per heavy atom. The molecule has 3 fully saturated rings. The Labute approximate surface area is 529 Å². The molecule has 5 aromatic rings. The zero-order chi connectivity index (χ0) is 67.2. The van der Waals surface area contributed by atoms with Crippen LogP contribution in [0.2, 0.25) is 0 Å². The first-order valence-electron chi connectivity index (χ1n) is 28.8. The third-order valence-corrected chi connectivity index (χ3v) is 19.8. The number of nitrogens with zero attached hydrogens (tertiary/aromatic N) is 1. The Hall–Kier alpha value is -4.97. The summed E-state index contributed by atoms with van der Waals surface area (Å²) < 4.78 is 347. The van der Waals surface area contributed by atoms with Crippen molar-refractivity contribution in [3.63, 3.8) is 0 Å². The largest absolute Gasteiger partial charge is 0.478 e. The van der Waals surface area contributed by atoms with Crippen LogP contribution in [-0.4, -0.2) is 42.2 Å². The summed E-state index contributed by atoms with van der Waals surface area (Å²) in [6.07, 6.45) is -24.0. The number of rotatable bonds is 10. The van der Waals surface area contributed by atoms with E-state index in [0.29, 0.717) is 6.04 Å². The average molecular weight is 1540 g/mol. The maximum atomic E-state index is 14.2. The van der Waals surface area contributed by atoms with Crippen LogP contribution < -0.4 is 21.9 Å². The van der Waals surface area contributed by atoms with E-state index in [4.69, 9.17) is 9.73 Å². The van der Waals surface area contributed by atoms with Crippen LogP contribution in [0.4, 0.5) is 105 Å². The van der Waals surface area contributed by atoms with Crippen molar-refractivity contribution in [1.29, 1.82) is 0 Å². The first kappa shape index (κ1) is 76.1. The number of hydrogen-bond donors (Lipinski definition) is 0. The van der Waals surface area contributed by atoms with Gasteiger partial charge in [-0.2, -0.15) is 127 Å². The Kier molecular flexibility index (Phi) is 25.1. The average Bonchev–Trinajstić information content (AvgIpc) is 0.758. The molecule has 2 nitrogen and oxygen atoms in total. The SMILES string of the molecule is FC(F)(F)c1cc([B-](c2cc(C(F)(F)F)cc(C(F)(F)F)c2)(c2cc(C(F)(F)F)cc(C(F)(F)F)c2)c2cc(C(F)(F)F)cc(C(F)(F)F)c2)cc(C(F)(F)F)c1.[CH]1[CH]CC[CH][CH]CC1.[Ir].c1ccc(C[C@H]2COC(CP(C3CCCCC3)C3CCCCC3)=N2)cc1. The maximum absolute atomic E-state index is 14.2. The molecule has 1 atom stereocenters. The van der Waals surface area contributed by atoms with Gasteiger partial charge in [0.25, 0.3) is 0 Å². The van der Waals surface area contributed by atoms with Crippen LogP contribution in [0, 0.1) is 25.7 Å². The van der Waals surface area contributed by atoms with Crippen molar-refractivity contribution in [1.82, 2.24) is 0 Å². The molecule has 507 valence electrons. The van der Waals surface area contributed by atoms with Crippen molar-refractivity contribution in [3.05, 3.63) is 179 Å². The molecule has 0 unspecified atom stereocenters. The van der Waals surface area contributed by atoms with Gasteiger partial charge in [-0.15, -0.1) is 0 Å². The van der Waals surface area contributed by atoms with Gasteiger partial charge in [0.2, 0.25) is 0 Å². The fourth-order valence-electron chi connectivity index (χ4n) is 12.0. The molecule has 0 amide bonds. The standard InChI is InChI=1S/C32H12BF24.C23H34NOP.C8H12.Ir/c34-25(35,36)13-1-14(26(37,38)39)6-21(5-13)33(22-7-15(27(40,41)42)2-16(8-22)28(43,44)45,23-9-17(29(46,47)48)3-18(10-23)30(49,50)51)24-11-19(31(52,53)54)4-20(12-24)32(55,56)57;1-4-10-19(11-5-1)16-20-17-25-23(24-20)18-26(21-12-6-2-7-13-21)22-14-8-3-9-15-22;1-2-4-6-8-7-5-3-1;/h1-12H;1,4-5,10-11,20-22H,2-3,6-9,12-18H2;1-2,7-8H,3-6H2;/q-1;;;/t;20-;;/m.0../s1. The van der Waals surface area contributed by atoms with Crippen molar-refractivity contribution in [2.24, 2.45) is 4.99 Å². The Morgan fingerprint density at radius 2 is 0.630 bits per heavy atom. The molecule has 29 heteroatoms. The zero-order valence-corrected chi connectivity index (χ0v) is 51.5. The molecular weight excluding hydrogens is 1480 g/mol. The van der Waals surface area contributed by atoms with E-state index >= 15 is 0 Å². The van der Waals surface area contributed by atoms with Gasteiger partial charge in [0.1, 0.15) is 12.8 Å². The third kappa shape index (κ3) is 20.3. The summed E-state index contributed by atoms with van der Waals surface area (Å²) in [5.74, 6) is 1.10. The van der Waals surface area contributed by atoms with Gasteiger partial charge in [0, 0.05) is 26.3 Å². The van der Waals surface area contributed by atoms with Gasteiger partial charge in [0.15, 0.2) is 5.90 Å². The molecule has 3 saturated carbocycles. The summed E-state index contributed by atoms with van der Waals surface area (Å²) in [6.45, 7) is 0.794. The summed E-state index contributed by atoms with van der Waals surface area (Å²) in [7, 11) is 0.0579. The number of hydrogen-bond acceptors (Lipinski definition) is 2. The van der Waals surface area contributed by atoms with E-state index in [1.165, 1.54) is 102 Å². The van der Waals surface area contributed by atoms with Crippen LogP contribution >= 0.6 is 7.92 Å². The van der Waals surface area contributed by atoms with E-state index < -0.39 is 195 Å². The summed E-state index contributed by atoms with van der Waals surface area (Å²) in [5.41, 5.74) is -26.8. The van der Waals surface area contributed by atoms with E-state index in [2.05, 4.69) is 56.0 Å². The predicted molar refractivity (Wildman–Crippen MR) is 299 cm³/mol. The van der Waals surface area contributed by atoms with Gasteiger partial charge in [0.05, 0.1) is 50.5 Å². The first-order chi connectivity index (χ1) is 42.1. The van der Waals surface area contributed by atoms with Gasteiger partial charge in [-0.25, -0.2) is 4.99 Å². The minimum atomic E-state index is -6.13. The van der Waals surface area contributed by atoms with Gasteiger partial charge >= 0.3 is 49.4 Å². The van der Waals surface area contributed by atoms with Crippen molar-refractivity contribution < 1.29 is 130 Å². The Morgan fingerprint density at radius 1 is 0.370 bits per heavy atom. The second kappa shape index (κ2) is 30.4. The zero-order valence-electron chi connectivity index (χ0n) is 48.2. The van der Waals surface area contributed by atoms with Crippen molar-refractivity contribution in [2.45, 2.75) is 163 Å². The van der Waals surface area contributed by atoms with Crippen LogP contribution in [-0.2, 0) is 80.7 Å². The van der Waals surface area contributed by atoms with Crippen molar-refractivity contribution in [2.75, 3.05) is 12.8 Å². The van der Waals surface area contributed by atoms with Crippen molar-refractivity contribution in [3.8, 4) is 0 Å². The molecule has 0 saturated heterocycles. The maximum Gasteiger partial charge on any atom is 0.416 e. The van der Waals surface area contributed by atoms with Crippen LogP contribution in [0.1, 0.15) is 140 Å². The molecule has 4 aliphatic rings. The molecule has 5 aromatic carbocycles. The number of benzene rings is 5. The molecule has 9 rings (SSSR count). The summed E-state index contributed by atoms with van der Waals surface area (Å²) in [5, 5.41) is 0. The van der Waals surface area contributed by atoms with Crippen molar-refractivity contribution >= 4 is 41.8 Å². The van der Waals surface area contributed by atoms with Gasteiger partial charge in [-0.1, -0.05) is 125 Å². The number of alkyl halides is 24. The fourth-order valence-corrected chi connectivity index (χ4v) is 15.7. The quantitative estimate of drug-likeness (QED) is 0.0776. The second-order valence-electron chi connectivity index (χ2n) is 22.8. The predicted octanol–water partition coefficient (Wildman–Crippen LogP) is 19.8. The summed E-state index contributed by atoms with van der Waals surface area (Å²) in [6, 6.07) is 2.29. The van der Waals surface area contributed by atoms with E-state index in [-0.39, 0.29) is 28.0 Å². The molecule has 1 heterocycles. The topological polar surface area (TPSA) is 21.6 Å². The van der Waals surface area contributed by atoms with E-state index in [1.54, 1.807) is 0 Å². The van der Waals surface area contributed by atoms with Gasteiger partial charge < -0.3 is 4.74 Å². The number of aliphatic imine (C=N–C) groups is 1. The molecule has 3 aliphatic carbocycles. The van der Waals surface area contributed by atoms with Crippen LogP contribution in [0.3, 0.4) is 0 Å². The number of ether oxygens (including phenoxy) is 1. The molecule has 5 radical (unpaired) electrons. The molecule has 92 heavy (non-hydrogen) atoms. The molecule has 0 N–H and O–H groups in total. The smallest absolute Gasteiger partial charge is 0.416 e. The van der Waals surface area contributed by atoms with Gasteiger partial charge in [-0.3, -0.25) is 0 Å². The van der Waals surface area contributed by atoms with Crippen LogP contribution in [0.5, 0.6) is 0 Å². The van der Waals surface area contributed by atoms with E-state index in [1.807, 2.05) is 0 Å².